The molecule has 4 rings (SSSR count). The van der Waals surface area contributed by atoms with E-state index in [1.807, 2.05) is 0 Å². The van der Waals surface area contributed by atoms with Gasteiger partial charge in [0, 0.05) is 37.3 Å². The van der Waals surface area contributed by atoms with Crippen molar-refractivity contribution in [2.24, 2.45) is 5.73 Å². The maximum absolute atomic E-state index is 13.9. The van der Waals surface area contributed by atoms with E-state index in [0.717, 1.165) is 0 Å². The number of hydrogen-bond acceptors (Lipinski definition) is 10. The Kier molecular flexibility index (Phi) is 10.4. The second-order valence-corrected chi connectivity index (χ2v) is 9.76. The number of carbonyl (C=O) groups is 1. The van der Waals surface area contributed by atoms with Crippen molar-refractivity contribution in [2.45, 2.75) is 19.0 Å². The number of aromatic nitrogens is 2. The second kappa shape index (κ2) is 14.2. The molecule has 1 aliphatic rings. The van der Waals surface area contributed by atoms with Gasteiger partial charge >= 0.3 is 6.18 Å². The van der Waals surface area contributed by atoms with Crippen molar-refractivity contribution in [1.29, 1.82) is 0 Å². The molecule has 3 aromatic rings. The summed E-state index contributed by atoms with van der Waals surface area (Å²) in [5.74, 6) is 0.255. The van der Waals surface area contributed by atoms with Gasteiger partial charge in [0.05, 0.1) is 50.2 Å². The van der Waals surface area contributed by atoms with Gasteiger partial charge in [-0.2, -0.15) is 13.2 Å². The third kappa shape index (κ3) is 8.81. The van der Waals surface area contributed by atoms with Gasteiger partial charge in [-0.15, -0.1) is 0 Å². The second-order valence-electron chi connectivity index (χ2n) is 9.76. The number of nitrogens with one attached hydrogen (secondary N) is 1. The maximum Gasteiger partial charge on any atom is 0.390 e. The zero-order valence-corrected chi connectivity index (χ0v) is 23.5. The smallest absolute Gasteiger partial charge is 0.390 e. The number of alkyl halides is 3. The Morgan fingerprint density at radius 2 is 1.98 bits per heavy atom. The lowest BCUT2D eigenvalue weighted by atomic mass is 10.2. The molecule has 4 N–H and O–H groups in total. The molecule has 11 nitrogen and oxygen atoms in total. The number of carbonyl (C=O) groups excluding carboxylic acids is 1. The van der Waals surface area contributed by atoms with Crippen molar-refractivity contribution in [3.63, 3.8) is 0 Å². The monoisotopic (exact) mass is 607 g/mol. The van der Waals surface area contributed by atoms with Crippen molar-refractivity contribution in [2.75, 3.05) is 63.4 Å². The van der Waals surface area contributed by atoms with Gasteiger partial charge in [0.25, 0.3) is 0 Å². The minimum absolute atomic E-state index is 0.124. The molecule has 232 valence electrons. The number of anilines is 2. The van der Waals surface area contributed by atoms with Crippen molar-refractivity contribution < 1.29 is 36.9 Å². The predicted molar refractivity (Wildman–Crippen MR) is 152 cm³/mol. The quantitative estimate of drug-likeness (QED) is 0.175. The fraction of sp³-hybridized carbons (Fsp3) is 0.393. The van der Waals surface area contributed by atoms with Crippen molar-refractivity contribution >= 4 is 28.3 Å². The summed E-state index contributed by atoms with van der Waals surface area (Å²) in [6.07, 6.45) is -1.74. The summed E-state index contributed by atoms with van der Waals surface area (Å²) in [4.78, 5) is 21.9. The average Bonchev–Trinajstić information content (AvgIpc) is 3.34. The molecular weight excluding hydrogens is 574 g/mol. The maximum atomic E-state index is 13.9. The molecule has 2 aromatic carbocycles. The third-order valence-corrected chi connectivity index (χ3v) is 6.56. The zero-order valence-electron chi connectivity index (χ0n) is 23.5. The summed E-state index contributed by atoms with van der Waals surface area (Å²) in [6.45, 7) is 0.362. The Bertz CT molecular complexity index is 1440. The first-order chi connectivity index (χ1) is 20.6. The topological polar surface area (TPSA) is 129 Å². The van der Waals surface area contributed by atoms with Gasteiger partial charge in [-0.1, -0.05) is 6.07 Å². The van der Waals surface area contributed by atoms with E-state index in [2.05, 4.69) is 15.3 Å². The number of methoxy groups -OCH3 is 1. The van der Waals surface area contributed by atoms with Gasteiger partial charge < -0.3 is 30.5 Å². The Balaban J connectivity index is 1.46. The van der Waals surface area contributed by atoms with Crippen LogP contribution in [0.2, 0.25) is 0 Å². The molecule has 43 heavy (non-hydrogen) atoms. The number of fused-ring (bicyclic) bond motifs is 1. The molecule has 15 heteroatoms. The first-order valence-electron chi connectivity index (χ1n) is 13.5. The minimum Gasteiger partial charge on any atom is -0.493 e. The van der Waals surface area contributed by atoms with Gasteiger partial charge in [0.2, 0.25) is 5.91 Å². The van der Waals surface area contributed by atoms with Crippen LogP contribution in [0.5, 0.6) is 11.5 Å². The van der Waals surface area contributed by atoms with Gasteiger partial charge in [0.1, 0.15) is 24.5 Å². The molecule has 1 aromatic heterocycles. The van der Waals surface area contributed by atoms with Crippen LogP contribution in [0.3, 0.4) is 0 Å². The highest BCUT2D eigenvalue weighted by Gasteiger charge is 2.28. The summed E-state index contributed by atoms with van der Waals surface area (Å²) in [5.41, 5.74) is 7.16. The SMILES string of the molecule is COc1cc2c(NC3=CN(CC(N)=O)N(c4cccc(F)c4)C3)ncnc2cc1OCCCN(CCO)CCC(F)(F)F. The van der Waals surface area contributed by atoms with Crippen LogP contribution in [0, 0.1) is 5.82 Å². The van der Waals surface area contributed by atoms with E-state index in [1.54, 1.807) is 40.5 Å². The van der Waals surface area contributed by atoms with E-state index in [9.17, 15) is 27.5 Å². The number of benzene rings is 2. The third-order valence-electron chi connectivity index (χ3n) is 6.56. The van der Waals surface area contributed by atoms with Crippen LogP contribution in [-0.2, 0) is 4.79 Å². The Labute approximate surface area is 245 Å². The molecule has 0 saturated carbocycles. The molecule has 2 heterocycles. The highest BCUT2D eigenvalue weighted by molar-refractivity contribution is 5.92. The van der Waals surface area contributed by atoms with Gasteiger partial charge in [-0.25, -0.2) is 14.4 Å². The lowest BCUT2D eigenvalue weighted by Crippen LogP contribution is -2.41. The van der Waals surface area contributed by atoms with E-state index < -0.39 is 24.3 Å². The fourth-order valence-corrected chi connectivity index (χ4v) is 4.60. The number of hydrogen-bond donors (Lipinski definition) is 3. The Hall–Kier alpha value is -4.37. The first-order valence-corrected chi connectivity index (χ1v) is 13.5. The summed E-state index contributed by atoms with van der Waals surface area (Å²) in [7, 11) is 1.48. The number of amides is 1. The fourth-order valence-electron chi connectivity index (χ4n) is 4.60. The van der Waals surface area contributed by atoms with E-state index in [-0.39, 0.29) is 39.4 Å². The largest absolute Gasteiger partial charge is 0.493 e. The number of aliphatic hydroxyl groups excluding tert-OH is 1. The van der Waals surface area contributed by atoms with Crippen LogP contribution in [0.1, 0.15) is 12.8 Å². The summed E-state index contributed by atoms with van der Waals surface area (Å²) in [5, 5.41) is 16.3. The van der Waals surface area contributed by atoms with Crippen molar-refractivity contribution in [1.82, 2.24) is 19.9 Å². The Morgan fingerprint density at radius 1 is 1.16 bits per heavy atom. The van der Waals surface area contributed by atoms with E-state index in [1.165, 1.54) is 30.5 Å². The predicted octanol–water partition coefficient (Wildman–Crippen LogP) is 3.27. The molecule has 0 radical (unpaired) electrons. The minimum atomic E-state index is -4.27. The van der Waals surface area contributed by atoms with Crippen LogP contribution in [0.25, 0.3) is 10.9 Å². The molecule has 0 fully saturated rings. The summed E-state index contributed by atoms with van der Waals surface area (Å²) < 4.78 is 63.1. The Morgan fingerprint density at radius 3 is 2.67 bits per heavy atom. The first kappa shape index (κ1) is 31.6. The molecule has 0 atom stereocenters. The number of nitrogens with zero attached hydrogens (tertiary/aromatic N) is 5. The van der Waals surface area contributed by atoms with Crippen LogP contribution in [-0.4, -0.2) is 90.1 Å². The van der Waals surface area contributed by atoms with E-state index >= 15 is 0 Å². The van der Waals surface area contributed by atoms with Crippen LogP contribution in [0.4, 0.5) is 29.1 Å². The molecule has 0 bridgehead atoms. The van der Waals surface area contributed by atoms with Gasteiger partial charge in [-0.3, -0.25) is 14.8 Å². The number of ether oxygens (including phenoxy) is 2. The average molecular weight is 608 g/mol. The van der Waals surface area contributed by atoms with Crippen LogP contribution < -0.4 is 25.5 Å². The number of aliphatic hydroxyl groups is 1. The van der Waals surface area contributed by atoms with Gasteiger partial charge in [-0.05, 0) is 30.7 Å². The number of primary amides is 1. The highest BCUT2D eigenvalue weighted by atomic mass is 19.4. The highest BCUT2D eigenvalue weighted by Crippen LogP contribution is 2.35. The molecule has 0 spiro atoms. The van der Waals surface area contributed by atoms with Crippen LogP contribution in [0.15, 0.2) is 54.6 Å². The summed E-state index contributed by atoms with van der Waals surface area (Å²) >= 11 is 0. The molecule has 1 aliphatic heterocycles. The van der Waals surface area contributed by atoms with Gasteiger partial charge in [0.15, 0.2) is 11.5 Å². The number of rotatable bonds is 15. The van der Waals surface area contributed by atoms with Crippen molar-refractivity contribution in [3.8, 4) is 11.5 Å². The lowest BCUT2D eigenvalue weighted by molar-refractivity contribution is -0.138. The molecule has 0 unspecified atom stereocenters. The number of nitrogens with two attached hydrogens (primary N) is 1. The summed E-state index contributed by atoms with van der Waals surface area (Å²) in [6, 6.07) is 9.35. The van der Waals surface area contributed by atoms with E-state index in [4.69, 9.17) is 15.2 Å². The normalized spacial score (nSPS) is 13.5. The standard InChI is InChI=1S/C28H33F4N7O4/c1-42-24-13-22-23(14-25(24)43-11-3-7-37(9-10-40)8-6-28(30,31)32)34-18-35-27(22)36-20-15-38(17-26(33)41)39(16-20)21-5-2-4-19(29)12-21/h2,4-5,12-15,18,40H,3,6-11,16-17H2,1H3,(H2,33,41)(H,34,35,36). The van der Waals surface area contributed by atoms with E-state index in [0.29, 0.717) is 52.6 Å². The molecule has 0 aliphatic carbocycles. The zero-order chi connectivity index (χ0) is 31.0. The number of halogens is 4. The molecule has 1 amide bonds. The number of hydrazine groups is 1. The lowest BCUT2D eigenvalue weighted by Gasteiger charge is -2.29. The van der Waals surface area contributed by atoms with Crippen LogP contribution >= 0.6 is 0 Å². The molecule has 0 saturated heterocycles. The molecular formula is C28H33F4N7O4. The van der Waals surface area contributed by atoms with Crippen molar-refractivity contribution in [3.05, 3.63) is 60.4 Å².